The molecule has 0 amide bonds. The molecule has 7 rings (SSSR count). The Balaban J connectivity index is 1.45. The van der Waals surface area contributed by atoms with Crippen LogP contribution < -0.4 is 0 Å². The van der Waals surface area contributed by atoms with Crippen molar-refractivity contribution >= 4 is 23.6 Å². The number of aryl methyl sites for hydroxylation is 2. The molecular formula is C41H39SiZr. The predicted molar refractivity (Wildman–Crippen MR) is 186 cm³/mol. The van der Waals surface area contributed by atoms with Gasteiger partial charge in [0.2, 0.25) is 0 Å². The monoisotopic (exact) mass is 649 g/mol. The fraction of sp³-hybridized carbons (Fsp3) is 0.171. The molecule has 0 heterocycles. The fourth-order valence-electron chi connectivity index (χ4n) is 7.72. The molecule has 2 aliphatic carbocycles. The second kappa shape index (κ2) is 11.6. The van der Waals surface area contributed by atoms with Crippen LogP contribution in [0.5, 0.6) is 0 Å². The third kappa shape index (κ3) is 4.94. The molecule has 0 aromatic heterocycles. The third-order valence-corrected chi connectivity index (χ3v) is 31.4. The van der Waals surface area contributed by atoms with E-state index < -0.39 is 26.8 Å². The summed E-state index contributed by atoms with van der Waals surface area (Å²) in [5.74, 6) is -1.01. The van der Waals surface area contributed by atoms with E-state index in [0.717, 1.165) is 0 Å². The Bertz CT molecular complexity index is 1880. The van der Waals surface area contributed by atoms with Gasteiger partial charge in [0.1, 0.15) is 0 Å². The number of allylic oxidation sites excluding steroid dienone is 2. The molecule has 0 bridgehead atoms. The van der Waals surface area contributed by atoms with Crippen molar-refractivity contribution in [2.45, 2.75) is 41.1 Å². The van der Waals surface area contributed by atoms with Gasteiger partial charge in [0.15, 0.2) is 0 Å². The van der Waals surface area contributed by atoms with E-state index in [-0.39, 0.29) is 0 Å². The first-order valence-corrected chi connectivity index (χ1v) is 25.6. The predicted octanol–water partition coefficient (Wildman–Crippen LogP) is 11.0. The molecule has 2 atom stereocenters. The van der Waals surface area contributed by atoms with Gasteiger partial charge in [-0.15, -0.1) is 0 Å². The first kappa shape index (κ1) is 28.5. The van der Waals surface area contributed by atoms with Crippen LogP contribution in [0, 0.1) is 13.8 Å². The number of hydrogen-bond acceptors (Lipinski definition) is 0. The van der Waals surface area contributed by atoms with Gasteiger partial charge >= 0.3 is 268 Å². The average Bonchev–Trinajstić information content (AvgIpc) is 3.57. The summed E-state index contributed by atoms with van der Waals surface area (Å²) in [6.07, 6.45) is 5.17. The van der Waals surface area contributed by atoms with Crippen molar-refractivity contribution in [3.8, 4) is 22.3 Å². The third-order valence-electron chi connectivity index (χ3n) is 9.64. The van der Waals surface area contributed by atoms with Crippen molar-refractivity contribution < 1.29 is 20.9 Å². The van der Waals surface area contributed by atoms with E-state index in [1.807, 2.05) is 0 Å². The van der Waals surface area contributed by atoms with Gasteiger partial charge in [-0.05, 0) is 0 Å². The van der Waals surface area contributed by atoms with E-state index in [9.17, 15) is 0 Å². The Morgan fingerprint density at radius 1 is 0.512 bits per heavy atom. The van der Waals surface area contributed by atoms with Gasteiger partial charge in [-0.25, -0.2) is 0 Å². The van der Waals surface area contributed by atoms with Gasteiger partial charge in [-0.3, -0.25) is 0 Å². The van der Waals surface area contributed by atoms with Crippen LogP contribution in [0.3, 0.4) is 0 Å². The van der Waals surface area contributed by atoms with Gasteiger partial charge in [0, 0.05) is 0 Å². The zero-order chi connectivity index (χ0) is 29.7. The van der Waals surface area contributed by atoms with E-state index in [4.69, 9.17) is 0 Å². The summed E-state index contributed by atoms with van der Waals surface area (Å²) in [4.78, 5) is 0. The molecule has 5 aromatic carbocycles. The van der Waals surface area contributed by atoms with Gasteiger partial charge in [-0.1, -0.05) is 0 Å². The number of benzene rings is 5. The maximum atomic E-state index is 2.67. The summed E-state index contributed by atoms with van der Waals surface area (Å²) in [5.41, 5.74) is 19.1. The van der Waals surface area contributed by atoms with Crippen LogP contribution in [-0.4, -0.2) is 5.92 Å². The molecule has 0 fully saturated rings. The Morgan fingerprint density at radius 2 is 1.12 bits per heavy atom. The molecule has 0 saturated carbocycles. The normalized spacial score (nSPS) is 17.0. The molecule has 2 aliphatic rings. The van der Waals surface area contributed by atoms with Crippen molar-refractivity contribution in [2.24, 2.45) is 0 Å². The molecule has 2 unspecified atom stereocenters. The zero-order valence-corrected chi connectivity index (χ0v) is 29.5. The summed E-state index contributed by atoms with van der Waals surface area (Å²) in [6, 6.07) is 43.1. The summed E-state index contributed by atoms with van der Waals surface area (Å²) in [6.45, 7) is 12.5. The minimum absolute atomic E-state index is 0.549. The van der Waals surface area contributed by atoms with Crippen molar-refractivity contribution in [1.82, 2.24) is 0 Å². The van der Waals surface area contributed by atoms with Crippen molar-refractivity contribution in [3.05, 3.63) is 160 Å². The quantitative estimate of drug-likeness (QED) is 0.160. The molecule has 211 valence electrons. The molecule has 0 aliphatic heterocycles. The van der Waals surface area contributed by atoms with Gasteiger partial charge in [-0.2, -0.15) is 0 Å². The summed E-state index contributed by atoms with van der Waals surface area (Å²) >= 11 is -2.27. The Morgan fingerprint density at radius 3 is 1.77 bits per heavy atom. The molecule has 0 spiro atoms. The van der Waals surface area contributed by atoms with Crippen LogP contribution in [0.1, 0.15) is 53.1 Å². The molecule has 0 saturated heterocycles. The van der Waals surface area contributed by atoms with Gasteiger partial charge < -0.3 is 0 Å². The molecule has 0 radical (unpaired) electrons. The number of hydrogen-bond donors (Lipinski definition) is 0. The van der Waals surface area contributed by atoms with Crippen molar-refractivity contribution in [2.75, 3.05) is 0 Å². The fourth-order valence-corrected chi connectivity index (χ4v) is 30.6. The molecule has 0 N–H and O–H groups in total. The molecule has 2 heteroatoms. The molecular weight excluding hydrogens is 612 g/mol. The van der Waals surface area contributed by atoms with Gasteiger partial charge in [0.25, 0.3) is 0 Å². The Kier molecular flexibility index (Phi) is 7.70. The van der Waals surface area contributed by atoms with Crippen LogP contribution in [0.25, 0.3) is 40.0 Å². The molecule has 0 nitrogen and oxygen atoms in total. The van der Waals surface area contributed by atoms with E-state index in [1.165, 1.54) is 50.1 Å². The summed E-state index contributed by atoms with van der Waals surface area (Å²) in [5, 5.41) is 0. The van der Waals surface area contributed by atoms with Crippen LogP contribution >= 0.6 is 0 Å². The van der Waals surface area contributed by atoms with Crippen LogP contribution in [0.2, 0.25) is 13.1 Å². The van der Waals surface area contributed by atoms with Crippen LogP contribution in [0.15, 0.2) is 121 Å². The van der Waals surface area contributed by atoms with Crippen molar-refractivity contribution in [1.29, 1.82) is 0 Å². The van der Waals surface area contributed by atoms with Gasteiger partial charge in [0.05, 0.1) is 0 Å². The van der Waals surface area contributed by atoms with E-state index in [0.29, 0.717) is 7.25 Å². The second-order valence-electron chi connectivity index (χ2n) is 12.6. The SMILES string of the molecule is CC1=Cc2c(-c3ccccc3)ccc(C)c2[CH]1[Zr]([CH]1C(c2ccccc2C)=Cc2c(-c3ccccc3)cccc21)[SiH](C)C. The zero-order valence-electron chi connectivity index (χ0n) is 25.9. The summed E-state index contributed by atoms with van der Waals surface area (Å²) < 4.78 is 1.16. The first-order valence-electron chi connectivity index (χ1n) is 15.6. The van der Waals surface area contributed by atoms with Crippen LogP contribution in [-0.2, 0) is 20.9 Å². The van der Waals surface area contributed by atoms with E-state index >= 15 is 0 Å². The molecule has 43 heavy (non-hydrogen) atoms. The number of fused-ring (bicyclic) bond motifs is 2. The summed E-state index contributed by atoms with van der Waals surface area (Å²) in [7, 11) is 0. The Labute approximate surface area is 266 Å². The standard InChI is InChI=1S/C22H17.C17H15.C2H7Si.Zr/c1-16-8-5-6-12-20(16)19-14-18-11-7-13-21(22(18)15-19)17-9-3-2-4-10-17;1-12-10-16-13(2)8-9-15(17(16)11-12)14-6-4-3-5-7-14;1-3-2;/h2-15H,1H3;3-11H,1-2H3;3H,1-2H3;. The average molecular weight is 651 g/mol. The van der Waals surface area contributed by atoms with Crippen molar-refractivity contribution in [3.63, 3.8) is 0 Å². The first-order chi connectivity index (χ1) is 20.9. The second-order valence-corrected chi connectivity index (χ2v) is 32.7. The van der Waals surface area contributed by atoms with Crippen LogP contribution in [0.4, 0.5) is 0 Å². The Hall–Kier alpha value is -3.32. The molecule has 5 aromatic rings. The van der Waals surface area contributed by atoms with E-state index in [2.05, 4.69) is 161 Å². The topological polar surface area (TPSA) is 0 Å². The van der Waals surface area contributed by atoms with E-state index in [1.54, 1.807) is 22.3 Å². The maximum absolute atomic E-state index is 2.67. The number of rotatable bonds is 6. The minimum atomic E-state index is -2.27.